The van der Waals surface area contributed by atoms with Gasteiger partial charge in [-0.3, -0.25) is 4.79 Å². The number of hydrogen-bond donors (Lipinski definition) is 1. The number of carboxylic acid groups (broad SMARTS) is 1. The number of aliphatic carboxylic acids is 1. The highest BCUT2D eigenvalue weighted by Gasteiger charge is 2.32. The standard InChI is InChI=1S/C12H21N3O4/c1-13-2-4-14(5-3-13)12(18)15-6-7-19-9-10(15)8-11(16)17/h10H,2-9H2,1H3,(H,16,17). The van der Waals surface area contributed by atoms with Gasteiger partial charge >= 0.3 is 12.0 Å². The monoisotopic (exact) mass is 271 g/mol. The van der Waals surface area contributed by atoms with Crippen LogP contribution in [0, 0.1) is 0 Å². The molecule has 1 unspecified atom stereocenters. The second-order valence-corrected chi connectivity index (χ2v) is 5.09. The van der Waals surface area contributed by atoms with E-state index in [4.69, 9.17) is 9.84 Å². The molecule has 0 spiro atoms. The molecule has 1 N–H and O–H groups in total. The van der Waals surface area contributed by atoms with E-state index >= 15 is 0 Å². The molecule has 1 atom stereocenters. The molecule has 0 saturated carbocycles. The average Bonchev–Trinajstić information content (AvgIpc) is 2.39. The molecule has 2 amide bonds. The van der Waals surface area contributed by atoms with Gasteiger partial charge in [-0.1, -0.05) is 0 Å². The molecule has 0 aromatic carbocycles. The van der Waals surface area contributed by atoms with Crippen LogP contribution < -0.4 is 0 Å². The van der Waals surface area contributed by atoms with Crippen LogP contribution in [0.25, 0.3) is 0 Å². The Bertz CT molecular complexity index is 342. The van der Waals surface area contributed by atoms with Gasteiger partial charge in [-0.05, 0) is 7.05 Å². The Morgan fingerprint density at radius 3 is 2.53 bits per heavy atom. The van der Waals surface area contributed by atoms with Gasteiger partial charge in [0.2, 0.25) is 0 Å². The van der Waals surface area contributed by atoms with Gasteiger partial charge < -0.3 is 24.5 Å². The predicted molar refractivity (Wildman–Crippen MR) is 68.0 cm³/mol. The van der Waals surface area contributed by atoms with Crippen molar-refractivity contribution in [2.24, 2.45) is 0 Å². The van der Waals surface area contributed by atoms with Crippen LogP contribution in [0.1, 0.15) is 6.42 Å². The minimum absolute atomic E-state index is 0.0531. The molecule has 7 nitrogen and oxygen atoms in total. The van der Waals surface area contributed by atoms with Crippen LogP contribution in [-0.2, 0) is 9.53 Å². The van der Waals surface area contributed by atoms with Crippen molar-refractivity contribution in [2.45, 2.75) is 12.5 Å². The Kier molecular flexibility index (Phi) is 4.60. The van der Waals surface area contributed by atoms with E-state index in [1.54, 1.807) is 9.80 Å². The first-order valence-corrected chi connectivity index (χ1v) is 6.61. The summed E-state index contributed by atoms with van der Waals surface area (Å²) in [5, 5.41) is 8.90. The predicted octanol–water partition coefficient (Wildman–Crippen LogP) is -0.471. The van der Waals surface area contributed by atoms with E-state index in [1.165, 1.54) is 0 Å². The molecule has 108 valence electrons. The van der Waals surface area contributed by atoms with Crippen molar-refractivity contribution in [3.05, 3.63) is 0 Å². The first-order valence-electron chi connectivity index (χ1n) is 6.61. The Hall–Kier alpha value is -1.34. The van der Waals surface area contributed by atoms with Gasteiger partial charge in [0.05, 0.1) is 25.7 Å². The number of likely N-dealkylation sites (N-methyl/N-ethyl adjacent to an activating group) is 1. The molecule has 7 heteroatoms. The first-order chi connectivity index (χ1) is 9.08. The summed E-state index contributed by atoms with van der Waals surface area (Å²) < 4.78 is 5.28. The number of carboxylic acids is 1. The first kappa shape index (κ1) is 14.1. The highest BCUT2D eigenvalue weighted by molar-refractivity contribution is 5.76. The van der Waals surface area contributed by atoms with Gasteiger partial charge in [-0.15, -0.1) is 0 Å². The molecule has 2 fully saturated rings. The number of amides is 2. The van der Waals surface area contributed by atoms with Crippen LogP contribution >= 0.6 is 0 Å². The third-order valence-electron chi connectivity index (χ3n) is 3.66. The second kappa shape index (κ2) is 6.21. The van der Waals surface area contributed by atoms with E-state index < -0.39 is 5.97 Å². The quantitative estimate of drug-likeness (QED) is 0.735. The molecular formula is C12H21N3O4. The van der Waals surface area contributed by atoms with Crippen LogP contribution in [0.5, 0.6) is 0 Å². The van der Waals surface area contributed by atoms with Gasteiger partial charge in [-0.25, -0.2) is 4.79 Å². The number of nitrogens with zero attached hydrogens (tertiary/aromatic N) is 3. The molecule has 0 aliphatic carbocycles. The molecule has 0 bridgehead atoms. The molecule has 2 heterocycles. The average molecular weight is 271 g/mol. The molecule has 2 aliphatic heterocycles. The van der Waals surface area contributed by atoms with Crippen LogP contribution in [0.2, 0.25) is 0 Å². The van der Waals surface area contributed by atoms with Crippen molar-refractivity contribution in [1.82, 2.24) is 14.7 Å². The lowest BCUT2D eigenvalue weighted by molar-refractivity contribution is -0.139. The van der Waals surface area contributed by atoms with E-state index in [2.05, 4.69) is 4.90 Å². The van der Waals surface area contributed by atoms with Crippen LogP contribution in [0.3, 0.4) is 0 Å². The number of carbonyl (C=O) groups is 2. The Labute approximate surface area is 112 Å². The third-order valence-corrected chi connectivity index (χ3v) is 3.66. The minimum atomic E-state index is -0.897. The summed E-state index contributed by atoms with van der Waals surface area (Å²) in [5.74, 6) is -0.897. The molecule has 2 saturated heterocycles. The van der Waals surface area contributed by atoms with Crippen molar-refractivity contribution >= 4 is 12.0 Å². The SMILES string of the molecule is CN1CCN(C(=O)N2CCOCC2CC(=O)O)CC1. The number of hydrogen-bond acceptors (Lipinski definition) is 4. The lowest BCUT2D eigenvalue weighted by Crippen LogP contribution is -2.57. The molecule has 0 aromatic heterocycles. The van der Waals surface area contributed by atoms with Gasteiger partial charge in [0.1, 0.15) is 0 Å². The zero-order valence-corrected chi connectivity index (χ0v) is 11.2. The Balaban J connectivity index is 1.96. The maximum Gasteiger partial charge on any atom is 0.320 e. The zero-order valence-electron chi connectivity index (χ0n) is 11.2. The summed E-state index contributed by atoms with van der Waals surface area (Å²) in [5.41, 5.74) is 0. The van der Waals surface area contributed by atoms with Gasteiger partial charge in [0, 0.05) is 32.7 Å². The lowest BCUT2D eigenvalue weighted by Gasteiger charge is -2.40. The van der Waals surface area contributed by atoms with Crippen molar-refractivity contribution in [3.63, 3.8) is 0 Å². The topological polar surface area (TPSA) is 73.3 Å². The van der Waals surface area contributed by atoms with Crippen LogP contribution in [0.4, 0.5) is 4.79 Å². The summed E-state index contributed by atoms with van der Waals surface area (Å²) in [6.07, 6.45) is -0.0561. The van der Waals surface area contributed by atoms with Crippen molar-refractivity contribution < 1.29 is 19.4 Å². The highest BCUT2D eigenvalue weighted by atomic mass is 16.5. The van der Waals surface area contributed by atoms with Crippen molar-refractivity contribution in [3.8, 4) is 0 Å². The summed E-state index contributed by atoms with van der Waals surface area (Å²) in [4.78, 5) is 28.9. The van der Waals surface area contributed by atoms with Crippen LogP contribution in [-0.4, -0.2) is 90.8 Å². The molecule has 0 aromatic rings. The van der Waals surface area contributed by atoms with Gasteiger partial charge in [0.15, 0.2) is 0 Å². The molecule has 0 radical (unpaired) electrons. The fourth-order valence-corrected chi connectivity index (χ4v) is 2.46. The molecule has 19 heavy (non-hydrogen) atoms. The number of ether oxygens (including phenoxy) is 1. The number of carbonyl (C=O) groups excluding carboxylic acids is 1. The molecule has 2 rings (SSSR count). The summed E-state index contributed by atoms with van der Waals surface area (Å²) >= 11 is 0. The highest BCUT2D eigenvalue weighted by Crippen LogP contribution is 2.14. The van der Waals surface area contributed by atoms with E-state index in [9.17, 15) is 9.59 Å². The van der Waals surface area contributed by atoms with Gasteiger partial charge in [-0.2, -0.15) is 0 Å². The molecular weight excluding hydrogens is 250 g/mol. The lowest BCUT2D eigenvalue weighted by atomic mass is 10.1. The Morgan fingerprint density at radius 1 is 1.21 bits per heavy atom. The summed E-state index contributed by atoms with van der Waals surface area (Å²) in [6, 6.07) is -0.402. The maximum absolute atomic E-state index is 12.4. The number of piperazine rings is 1. The van der Waals surface area contributed by atoms with Crippen molar-refractivity contribution in [2.75, 3.05) is 53.0 Å². The largest absolute Gasteiger partial charge is 0.481 e. The number of morpholine rings is 1. The third kappa shape index (κ3) is 3.57. The smallest absolute Gasteiger partial charge is 0.320 e. The Morgan fingerprint density at radius 2 is 1.89 bits per heavy atom. The second-order valence-electron chi connectivity index (χ2n) is 5.09. The van der Waals surface area contributed by atoms with E-state index in [-0.39, 0.29) is 18.5 Å². The van der Waals surface area contributed by atoms with Crippen molar-refractivity contribution in [1.29, 1.82) is 0 Å². The van der Waals surface area contributed by atoms with E-state index in [0.717, 1.165) is 13.1 Å². The maximum atomic E-state index is 12.4. The number of rotatable bonds is 2. The number of urea groups is 1. The summed E-state index contributed by atoms with van der Waals surface area (Å²) in [6.45, 7) is 4.39. The van der Waals surface area contributed by atoms with Gasteiger partial charge in [0.25, 0.3) is 0 Å². The fraction of sp³-hybridized carbons (Fsp3) is 0.833. The zero-order chi connectivity index (χ0) is 13.8. The van der Waals surface area contributed by atoms with E-state index in [0.29, 0.717) is 32.8 Å². The van der Waals surface area contributed by atoms with E-state index in [1.807, 2.05) is 7.05 Å². The normalized spacial score (nSPS) is 25.4. The fourth-order valence-electron chi connectivity index (χ4n) is 2.46. The molecule has 2 aliphatic rings. The van der Waals surface area contributed by atoms with Crippen LogP contribution in [0.15, 0.2) is 0 Å². The summed E-state index contributed by atoms with van der Waals surface area (Å²) in [7, 11) is 2.03. The minimum Gasteiger partial charge on any atom is -0.481 e.